The molecule has 1 N–H and O–H groups in total. The molecule has 2 aromatic rings. The Morgan fingerprint density at radius 3 is 2.27 bits per heavy atom. The fourth-order valence-electron chi connectivity index (χ4n) is 2.07. The van der Waals surface area contributed by atoms with Crippen LogP contribution in [0.3, 0.4) is 0 Å². The number of phenolic OH excluding ortho intramolecular Hbond substituents is 1. The fourth-order valence-corrected chi connectivity index (χ4v) is 2.92. The summed E-state index contributed by atoms with van der Waals surface area (Å²) in [5.74, 6) is 0.156. The van der Waals surface area contributed by atoms with Gasteiger partial charge in [-0.2, -0.15) is 0 Å². The molecule has 0 aliphatic carbocycles. The number of hydrogen-bond acceptors (Lipinski definition) is 6. The molecule has 7 nitrogen and oxygen atoms in total. The lowest BCUT2D eigenvalue weighted by atomic mass is 10.2. The predicted octanol–water partition coefficient (Wildman–Crippen LogP) is 4.82. The first-order valence-electron chi connectivity index (χ1n) is 7.79. The number of carbonyl (C=O) groups is 1. The number of carbonyl (C=O) groups excluding carboxylic acids is 1. The number of nitro groups is 1. The molecule has 2 aromatic carbocycles. The van der Waals surface area contributed by atoms with Gasteiger partial charge >= 0.3 is 6.09 Å². The minimum Gasteiger partial charge on any atom is -0.508 e. The maximum Gasteiger partial charge on any atom is 0.414 e. The Kier molecular flexibility index (Phi) is 5.76. The van der Waals surface area contributed by atoms with E-state index in [0.29, 0.717) is 4.90 Å². The molecule has 26 heavy (non-hydrogen) atoms. The molecule has 0 heterocycles. The number of nitrogens with zero attached hydrogens (tertiary/aromatic N) is 2. The van der Waals surface area contributed by atoms with Gasteiger partial charge in [0, 0.05) is 22.9 Å². The van der Waals surface area contributed by atoms with Gasteiger partial charge in [-0.1, -0.05) is 11.8 Å². The van der Waals surface area contributed by atoms with Crippen molar-refractivity contribution in [1.29, 1.82) is 0 Å². The van der Waals surface area contributed by atoms with E-state index in [2.05, 4.69) is 0 Å². The van der Waals surface area contributed by atoms with Crippen LogP contribution < -0.4 is 4.90 Å². The summed E-state index contributed by atoms with van der Waals surface area (Å²) in [6.45, 7) is 5.18. The van der Waals surface area contributed by atoms with Crippen molar-refractivity contribution < 1.29 is 19.6 Å². The van der Waals surface area contributed by atoms with E-state index in [9.17, 15) is 20.0 Å². The smallest absolute Gasteiger partial charge is 0.414 e. The Morgan fingerprint density at radius 2 is 1.73 bits per heavy atom. The number of amides is 1. The van der Waals surface area contributed by atoms with Crippen molar-refractivity contribution in [1.82, 2.24) is 0 Å². The average molecular weight is 376 g/mol. The number of hydrogen-bond donors (Lipinski definition) is 1. The van der Waals surface area contributed by atoms with E-state index >= 15 is 0 Å². The quantitative estimate of drug-likeness (QED) is 0.607. The molecular weight excluding hydrogens is 356 g/mol. The molecule has 138 valence electrons. The summed E-state index contributed by atoms with van der Waals surface area (Å²) in [7, 11) is 1.44. The Hall–Kier alpha value is -2.74. The van der Waals surface area contributed by atoms with Gasteiger partial charge in [0.2, 0.25) is 0 Å². The molecule has 0 saturated carbocycles. The fraction of sp³-hybridized carbons (Fsp3) is 0.278. The second-order valence-electron chi connectivity index (χ2n) is 6.54. The maximum absolute atomic E-state index is 12.3. The Balaban J connectivity index is 2.34. The molecule has 0 radical (unpaired) electrons. The molecule has 0 aromatic heterocycles. The minimum atomic E-state index is -0.710. The second kappa shape index (κ2) is 7.65. The zero-order valence-corrected chi connectivity index (χ0v) is 15.7. The van der Waals surface area contributed by atoms with Crippen LogP contribution in [0.2, 0.25) is 0 Å². The first-order valence-corrected chi connectivity index (χ1v) is 8.60. The van der Waals surface area contributed by atoms with E-state index in [0.717, 1.165) is 9.80 Å². The first-order chi connectivity index (χ1) is 12.1. The van der Waals surface area contributed by atoms with Gasteiger partial charge in [-0.3, -0.25) is 15.0 Å². The average Bonchev–Trinajstić information content (AvgIpc) is 2.54. The van der Waals surface area contributed by atoms with Crippen molar-refractivity contribution in [2.45, 2.75) is 36.2 Å². The summed E-state index contributed by atoms with van der Waals surface area (Å²) >= 11 is 1.36. The van der Waals surface area contributed by atoms with Crippen molar-refractivity contribution in [3.63, 3.8) is 0 Å². The van der Waals surface area contributed by atoms with Gasteiger partial charge in [-0.15, -0.1) is 0 Å². The van der Waals surface area contributed by atoms with Crippen LogP contribution in [0.1, 0.15) is 20.8 Å². The Bertz CT molecular complexity index is 815. The molecule has 0 bridgehead atoms. The lowest BCUT2D eigenvalue weighted by Gasteiger charge is -2.24. The standard InChI is InChI=1S/C18H20N2O5S/c1-18(2,3)25-17(22)19(4)16-11-14(9-10-15(16)20(23)24)26-13-7-5-12(21)6-8-13/h5-11,21H,1-4H3. The highest BCUT2D eigenvalue weighted by atomic mass is 32.2. The third-order valence-corrected chi connectivity index (χ3v) is 4.24. The molecule has 0 spiro atoms. The summed E-state index contributed by atoms with van der Waals surface area (Å²) in [4.78, 5) is 25.8. The monoisotopic (exact) mass is 376 g/mol. The molecule has 0 aliphatic heterocycles. The summed E-state index contributed by atoms with van der Waals surface area (Å²) in [5.41, 5.74) is -0.750. The van der Waals surface area contributed by atoms with Crippen LogP contribution in [0.15, 0.2) is 52.3 Å². The highest BCUT2D eigenvalue weighted by Crippen LogP contribution is 2.36. The van der Waals surface area contributed by atoms with Crippen LogP contribution >= 0.6 is 11.8 Å². The molecule has 2 rings (SSSR count). The van der Waals surface area contributed by atoms with Gasteiger partial charge < -0.3 is 9.84 Å². The van der Waals surface area contributed by atoms with Gasteiger partial charge in [0.25, 0.3) is 5.69 Å². The van der Waals surface area contributed by atoms with Gasteiger partial charge in [0.05, 0.1) is 4.92 Å². The molecule has 8 heteroatoms. The summed E-state index contributed by atoms with van der Waals surface area (Å²) in [6.07, 6.45) is -0.674. The second-order valence-corrected chi connectivity index (χ2v) is 7.69. The molecule has 0 saturated heterocycles. The van der Waals surface area contributed by atoms with E-state index in [1.807, 2.05) is 0 Å². The first kappa shape index (κ1) is 19.6. The predicted molar refractivity (Wildman–Crippen MR) is 100.0 cm³/mol. The topological polar surface area (TPSA) is 92.9 Å². The van der Waals surface area contributed by atoms with Crippen molar-refractivity contribution in [2.75, 3.05) is 11.9 Å². The van der Waals surface area contributed by atoms with Crippen molar-refractivity contribution in [2.24, 2.45) is 0 Å². The maximum atomic E-state index is 12.3. The van der Waals surface area contributed by atoms with E-state index in [1.54, 1.807) is 57.2 Å². The molecule has 0 aliphatic rings. The number of anilines is 1. The number of rotatable bonds is 4. The van der Waals surface area contributed by atoms with Crippen LogP contribution in [0.5, 0.6) is 5.75 Å². The molecular formula is C18H20N2O5S. The number of phenols is 1. The Labute approximate surface area is 155 Å². The van der Waals surface area contributed by atoms with Crippen molar-refractivity contribution >= 4 is 29.2 Å². The van der Waals surface area contributed by atoms with Crippen LogP contribution in [0.4, 0.5) is 16.2 Å². The lowest BCUT2D eigenvalue weighted by Crippen LogP contribution is -2.34. The number of benzene rings is 2. The normalized spacial score (nSPS) is 11.1. The zero-order valence-electron chi connectivity index (χ0n) is 14.9. The van der Waals surface area contributed by atoms with Crippen LogP contribution in [-0.4, -0.2) is 28.8 Å². The third-order valence-electron chi connectivity index (χ3n) is 3.24. The van der Waals surface area contributed by atoms with Crippen molar-refractivity contribution in [3.8, 4) is 5.75 Å². The largest absolute Gasteiger partial charge is 0.508 e. The molecule has 0 fully saturated rings. The SMILES string of the molecule is CN(C(=O)OC(C)(C)C)c1cc(Sc2ccc(O)cc2)ccc1[N+](=O)[O-]. The lowest BCUT2D eigenvalue weighted by molar-refractivity contribution is -0.384. The number of aromatic hydroxyl groups is 1. The van der Waals surface area contributed by atoms with Gasteiger partial charge in [0.1, 0.15) is 17.0 Å². The third kappa shape index (κ3) is 5.13. The summed E-state index contributed by atoms with van der Waals surface area (Å²) < 4.78 is 5.29. The minimum absolute atomic E-state index is 0.146. The van der Waals surface area contributed by atoms with Crippen LogP contribution in [0.25, 0.3) is 0 Å². The summed E-state index contributed by atoms with van der Waals surface area (Å²) in [5, 5.41) is 20.7. The summed E-state index contributed by atoms with van der Waals surface area (Å²) in [6, 6.07) is 11.1. The van der Waals surface area contributed by atoms with Crippen LogP contribution in [0, 0.1) is 10.1 Å². The zero-order chi connectivity index (χ0) is 19.5. The van der Waals surface area contributed by atoms with Gasteiger partial charge in [-0.25, -0.2) is 4.79 Å². The van der Waals surface area contributed by atoms with Crippen molar-refractivity contribution in [3.05, 3.63) is 52.6 Å². The van der Waals surface area contributed by atoms with Gasteiger partial charge in [0.15, 0.2) is 0 Å². The number of nitro benzene ring substituents is 1. The van der Waals surface area contributed by atoms with Gasteiger partial charge in [-0.05, 0) is 57.2 Å². The van der Waals surface area contributed by atoms with Crippen LogP contribution in [-0.2, 0) is 4.74 Å². The molecule has 1 amide bonds. The highest BCUT2D eigenvalue weighted by molar-refractivity contribution is 7.99. The van der Waals surface area contributed by atoms with E-state index in [4.69, 9.17) is 4.74 Å². The Morgan fingerprint density at radius 1 is 1.15 bits per heavy atom. The molecule has 0 unspecified atom stereocenters. The number of ether oxygens (including phenoxy) is 1. The van der Waals surface area contributed by atoms with E-state index in [-0.39, 0.29) is 17.1 Å². The van der Waals surface area contributed by atoms with E-state index in [1.165, 1.54) is 24.9 Å². The molecule has 0 atom stereocenters. The highest BCUT2D eigenvalue weighted by Gasteiger charge is 2.26. The van der Waals surface area contributed by atoms with E-state index < -0.39 is 16.6 Å².